The van der Waals surface area contributed by atoms with Crippen molar-refractivity contribution in [2.45, 2.75) is 17.8 Å². The van der Waals surface area contributed by atoms with Gasteiger partial charge in [-0.1, -0.05) is 24.3 Å². The average molecular weight is 447 g/mol. The Morgan fingerprint density at radius 1 is 1.16 bits per heavy atom. The third-order valence-electron chi connectivity index (χ3n) is 4.04. The van der Waals surface area contributed by atoms with E-state index < -0.39 is 35.5 Å². The van der Waals surface area contributed by atoms with Crippen molar-refractivity contribution in [1.29, 1.82) is 5.41 Å². The normalized spacial score (nSPS) is 16.0. The van der Waals surface area contributed by atoms with Crippen molar-refractivity contribution >= 4 is 23.6 Å². The molecule has 1 aliphatic heterocycles. The summed E-state index contributed by atoms with van der Waals surface area (Å²) in [5.74, 6) is -5.21. The predicted molar refractivity (Wildman–Crippen MR) is 99.4 cm³/mol. The van der Waals surface area contributed by atoms with Crippen molar-refractivity contribution < 1.29 is 42.6 Å². The highest BCUT2D eigenvalue weighted by Crippen LogP contribution is 2.24. The highest BCUT2D eigenvalue weighted by atomic mass is 19.4. The zero-order valence-electron chi connectivity index (χ0n) is 15.8. The average Bonchev–Trinajstić information content (AvgIpc) is 3.19. The van der Waals surface area contributed by atoms with Crippen LogP contribution in [-0.4, -0.2) is 63.7 Å². The van der Waals surface area contributed by atoms with Gasteiger partial charge >= 0.3 is 18.1 Å². The Hall–Kier alpha value is -3.49. The van der Waals surface area contributed by atoms with Gasteiger partial charge in [-0.15, -0.1) is 0 Å². The first-order valence-corrected chi connectivity index (χ1v) is 8.33. The molecule has 0 bridgehead atoms. The predicted octanol–water partition coefficient (Wildman–Crippen LogP) is -0.284. The van der Waals surface area contributed by atoms with Crippen LogP contribution in [0.25, 0.3) is 0 Å². The molecule has 9 N–H and O–H groups in total. The second-order valence-electron chi connectivity index (χ2n) is 6.17. The number of hydroxylamine groups is 2. The molecule has 31 heavy (non-hydrogen) atoms. The molecule has 1 heterocycles. The van der Waals surface area contributed by atoms with Crippen LogP contribution in [0.15, 0.2) is 36.5 Å². The molecule has 0 amide bonds. The number of carboxylic acids is 2. The van der Waals surface area contributed by atoms with E-state index in [9.17, 15) is 27.9 Å². The highest BCUT2D eigenvalue weighted by Gasteiger charge is 2.48. The van der Waals surface area contributed by atoms with Crippen LogP contribution in [0.3, 0.4) is 0 Å². The van der Waals surface area contributed by atoms with Gasteiger partial charge in [-0.05, 0) is 11.6 Å². The second-order valence-corrected chi connectivity index (χ2v) is 6.17. The van der Waals surface area contributed by atoms with E-state index >= 15 is 0 Å². The van der Waals surface area contributed by atoms with E-state index in [2.05, 4.69) is 0 Å². The molecule has 0 spiro atoms. The number of benzene rings is 1. The topological polar surface area (TPSA) is 206 Å². The molecule has 0 saturated heterocycles. The van der Waals surface area contributed by atoms with E-state index in [1.807, 2.05) is 0 Å². The van der Waals surface area contributed by atoms with Crippen LogP contribution in [0.1, 0.15) is 17.2 Å². The van der Waals surface area contributed by atoms with Gasteiger partial charge in [-0.3, -0.25) is 20.1 Å². The van der Waals surface area contributed by atoms with E-state index in [1.165, 1.54) is 35.5 Å². The number of ketones is 1. The molecule has 2 atom stereocenters. The number of halogens is 3. The van der Waals surface area contributed by atoms with Gasteiger partial charge in [0.15, 0.2) is 11.3 Å². The molecule has 0 aromatic heterocycles. The Labute approximate surface area is 173 Å². The van der Waals surface area contributed by atoms with Gasteiger partial charge in [0.25, 0.3) is 0 Å². The molecule has 11 nitrogen and oxygen atoms in total. The molecule has 14 heteroatoms. The number of aliphatic carboxylic acids is 2. The van der Waals surface area contributed by atoms with Gasteiger partial charge in [-0.25, -0.2) is 9.59 Å². The maximum atomic E-state index is 12.5. The van der Waals surface area contributed by atoms with E-state index in [4.69, 9.17) is 37.3 Å². The summed E-state index contributed by atoms with van der Waals surface area (Å²) >= 11 is 0. The van der Waals surface area contributed by atoms with Crippen molar-refractivity contribution in [3.05, 3.63) is 47.7 Å². The highest BCUT2D eigenvalue weighted by molar-refractivity contribution is 6.09. The van der Waals surface area contributed by atoms with Crippen LogP contribution in [0.4, 0.5) is 13.2 Å². The molecule has 0 saturated carbocycles. The van der Waals surface area contributed by atoms with E-state index in [1.54, 1.807) is 6.08 Å². The number of carbonyl (C=O) groups excluding carboxylic acids is 1. The quantitative estimate of drug-likeness (QED) is 0.183. The molecule has 170 valence electrons. The summed E-state index contributed by atoms with van der Waals surface area (Å²) in [4.78, 5) is 38.1. The first kappa shape index (κ1) is 25.5. The van der Waals surface area contributed by atoms with Gasteiger partial charge < -0.3 is 27.4 Å². The Balaban J connectivity index is 0.000000592. The van der Waals surface area contributed by atoms with E-state index in [-0.39, 0.29) is 12.4 Å². The van der Waals surface area contributed by atoms with Crippen molar-refractivity contribution in [2.75, 3.05) is 13.2 Å². The number of nitrogen functional groups attached to an aromatic ring is 1. The number of nitrogens with one attached hydrogen (secondary N) is 1. The second kappa shape index (κ2) is 10.0. The first-order valence-electron chi connectivity index (χ1n) is 8.33. The first-order chi connectivity index (χ1) is 14.2. The summed E-state index contributed by atoms with van der Waals surface area (Å²) in [7, 11) is 0. The number of carbonyl (C=O) groups is 3. The zero-order chi connectivity index (χ0) is 24.0. The lowest BCUT2D eigenvalue weighted by Crippen LogP contribution is -2.63. The molecule has 2 rings (SSSR count). The number of alkyl halides is 3. The number of hydrogen-bond donors (Lipinski definition) is 6. The van der Waals surface area contributed by atoms with Crippen LogP contribution in [0, 0.1) is 5.41 Å². The smallest absolute Gasteiger partial charge is 0.479 e. The Kier molecular flexibility index (Phi) is 8.25. The van der Waals surface area contributed by atoms with Crippen molar-refractivity contribution in [3.63, 3.8) is 0 Å². The zero-order valence-corrected chi connectivity index (χ0v) is 15.8. The minimum absolute atomic E-state index is 0.138. The van der Waals surface area contributed by atoms with Crippen molar-refractivity contribution in [1.82, 2.24) is 5.06 Å². The summed E-state index contributed by atoms with van der Waals surface area (Å²) in [5, 5.41) is 25.2. The van der Waals surface area contributed by atoms with Gasteiger partial charge in [0.05, 0.1) is 12.6 Å². The molecular weight excluding hydrogens is 427 g/mol. The van der Waals surface area contributed by atoms with Crippen LogP contribution in [0.2, 0.25) is 0 Å². The van der Waals surface area contributed by atoms with Crippen LogP contribution in [-0.2, 0) is 19.2 Å². The van der Waals surface area contributed by atoms with Gasteiger partial charge in [0.2, 0.25) is 0 Å². The van der Waals surface area contributed by atoms with Gasteiger partial charge in [0, 0.05) is 11.8 Å². The van der Waals surface area contributed by atoms with Crippen molar-refractivity contribution in [2.24, 2.45) is 17.2 Å². The SMILES string of the molecule is N=C(N)c1ccc([C@H](N)[C@](N)(C(=O)O)C(=O)CN2C=CCO2)cc1.O=C(O)C(F)(F)F. The fraction of sp³-hybridized carbons (Fsp3) is 0.294. The Morgan fingerprint density at radius 2 is 1.68 bits per heavy atom. The fourth-order valence-electron chi connectivity index (χ4n) is 2.27. The number of nitrogens with zero attached hydrogens (tertiary/aromatic N) is 1. The molecule has 0 unspecified atom stereocenters. The fourth-order valence-corrected chi connectivity index (χ4v) is 2.27. The monoisotopic (exact) mass is 447 g/mol. The number of carboxylic acid groups (broad SMARTS) is 2. The summed E-state index contributed by atoms with van der Waals surface area (Å²) < 4.78 is 31.7. The molecule has 1 aliphatic rings. The number of amidine groups is 1. The number of rotatable bonds is 7. The number of hydrogen-bond acceptors (Lipinski definition) is 8. The minimum Gasteiger partial charge on any atom is -0.479 e. The molecule has 0 aliphatic carbocycles. The standard InChI is InChI=1S/C15H19N5O4.C2HF3O2/c16-12(9-2-4-10(5-3-9)13(17)18)15(19,14(22)23)11(21)8-20-6-1-7-24-20;3-2(4,5)1(6)7/h1-6,12H,7-8,16,19H2,(H3,17,18)(H,22,23);(H,6,7)/t12-,15-;/m0./s1. The minimum atomic E-state index is -5.08. The molecule has 0 fully saturated rings. The third-order valence-corrected chi connectivity index (χ3v) is 4.04. The lowest BCUT2D eigenvalue weighted by molar-refractivity contribution is -0.192. The Morgan fingerprint density at radius 3 is 2.03 bits per heavy atom. The van der Waals surface area contributed by atoms with Crippen LogP contribution in [0.5, 0.6) is 0 Å². The number of Topliss-reactive ketones (excluding diaryl/α,β-unsaturated/α-hetero) is 1. The van der Waals surface area contributed by atoms with Crippen LogP contribution >= 0.6 is 0 Å². The van der Waals surface area contributed by atoms with Crippen LogP contribution < -0.4 is 17.2 Å². The molecule has 0 radical (unpaired) electrons. The Bertz CT molecular complexity index is 874. The van der Waals surface area contributed by atoms with Gasteiger partial charge in [-0.2, -0.15) is 13.2 Å². The third kappa shape index (κ3) is 6.50. The molecule has 1 aromatic carbocycles. The van der Waals surface area contributed by atoms with Gasteiger partial charge in [0.1, 0.15) is 12.4 Å². The summed E-state index contributed by atoms with van der Waals surface area (Å²) in [5.41, 5.74) is 15.7. The van der Waals surface area contributed by atoms with E-state index in [0.717, 1.165) is 0 Å². The summed E-state index contributed by atoms with van der Waals surface area (Å²) in [6.45, 7) is -0.0327. The van der Waals surface area contributed by atoms with E-state index in [0.29, 0.717) is 17.7 Å². The van der Waals surface area contributed by atoms with Crippen molar-refractivity contribution in [3.8, 4) is 0 Å². The largest absolute Gasteiger partial charge is 0.490 e. The maximum absolute atomic E-state index is 12.5. The molecule has 1 aromatic rings. The lowest BCUT2D eigenvalue weighted by atomic mass is 9.82. The lowest BCUT2D eigenvalue weighted by Gasteiger charge is -2.31. The summed E-state index contributed by atoms with van der Waals surface area (Å²) in [6, 6.07) is 4.72. The summed E-state index contributed by atoms with van der Waals surface area (Å²) in [6.07, 6.45) is -1.89. The number of nitrogens with two attached hydrogens (primary N) is 3. The molecular formula is C17H20F3N5O6. The maximum Gasteiger partial charge on any atom is 0.490 e.